The third kappa shape index (κ3) is 4.87. The van der Waals surface area contributed by atoms with Crippen LogP contribution in [-0.2, 0) is 6.42 Å². The zero-order valence-corrected chi connectivity index (χ0v) is 11.5. The molecule has 0 saturated carbocycles. The summed E-state index contributed by atoms with van der Waals surface area (Å²) < 4.78 is 0. The van der Waals surface area contributed by atoms with E-state index in [1.165, 1.54) is 0 Å². The number of aromatic carboxylic acids is 1. The second kappa shape index (κ2) is 7.74. The first-order chi connectivity index (χ1) is 9.10. The summed E-state index contributed by atoms with van der Waals surface area (Å²) in [6.07, 6.45) is 2.40. The molecule has 0 bridgehead atoms. The molecule has 5 heteroatoms. The molecule has 0 aliphatic carbocycles. The highest BCUT2D eigenvalue weighted by molar-refractivity contribution is 5.88. The molecule has 0 saturated heterocycles. The molecule has 1 aromatic heterocycles. The fourth-order valence-electron chi connectivity index (χ4n) is 1.86. The highest BCUT2D eigenvalue weighted by atomic mass is 16.4. The maximum Gasteiger partial charge on any atom is 0.335 e. The summed E-state index contributed by atoms with van der Waals surface area (Å²) >= 11 is 0. The zero-order valence-electron chi connectivity index (χ0n) is 11.5. The standard InChI is InChI=1S/C14H22N2O3/c1-3-10(5-6-17)9-15-13-8-11(14(18)19)7-12(4-2)16-13/h7-8,10,17H,3-6,9H2,1-2H3,(H,15,16)(H,18,19). The van der Waals surface area contributed by atoms with Gasteiger partial charge in [-0.3, -0.25) is 0 Å². The molecule has 0 aliphatic heterocycles. The van der Waals surface area contributed by atoms with E-state index in [1.54, 1.807) is 12.1 Å². The molecule has 1 aromatic rings. The third-order valence-electron chi connectivity index (χ3n) is 3.17. The molecule has 106 valence electrons. The average molecular weight is 266 g/mol. The first-order valence-electron chi connectivity index (χ1n) is 6.69. The Hall–Kier alpha value is -1.62. The van der Waals surface area contributed by atoms with Gasteiger partial charge in [0.05, 0.1) is 5.56 Å². The van der Waals surface area contributed by atoms with E-state index in [4.69, 9.17) is 10.2 Å². The van der Waals surface area contributed by atoms with Crippen molar-refractivity contribution in [2.75, 3.05) is 18.5 Å². The van der Waals surface area contributed by atoms with E-state index in [2.05, 4.69) is 17.2 Å². The topological polar surface area (TPSA) is 82.5 Å². The molecule has 1 heterocycles. The molecule has 1 rings (SSSR count). The number of hydrogen-bond acceptors (Lipinski definition) is 4. The van der Waals surface area contributed by atoms with Gasteiger partial charge in [0.25, 0.3) is 0 Å². The number of hydrogen-bond donors (Lipinski definition) is 3. The van der Waals surface area contributed by atoms with Crippen LogP contribution in [0, 0.1) is 5.92 Å². The van der Waals surface area contributed by atoms with Gasteiger partial charge >= 0.3 is 5.97 Å². The van der Waals surface area contributed by atoms with Crippen LogP contribution < -0.4 is 5.32 Å². The molecule has 1 atom stereocenters. The maximum atomic E-state index is 11.0. The van der Waals surface area contributed by atoms with E-state index >= 15 is 0 Å². The Morgan fingerprint density at radius 3 is 2.68 bits per heavy atom. The number of aliphatic hydroxyl groups is 1. The van der Waals surface area contributed by atoms with Crippen molar-refractivity contribution in [2.24, 2.45) is 5.92 Å². The molecule has 1 unspecified atom stereocenters. The molecular weight excluding hydrogens is 244 g/mol. The van der Waals surface area contributed by atoms with Gasteiger partial charge in [0.2, 0.25) is 0 Å². The molecule has 0 fully saturated rings. The van der Waals surface area contributed by atoms with Crippen molar-refractivity contribution in [3.8, 4) is 0 Å². The first kappa shape index (κ1) is 15.4. The molecule has 0 aromatic carbocycles. The van der Waals surface area contributed by atoms with Gasteiger partial charge in [0, 0.05) is 18.8 Å². The number of aliphatic hydroxyl groups excluding tert-OH is 1. The van der Waals surface area contributed by atoms with Crippen LogP contribution in [0.2, 0.25) is 0 Å². The monoisotopic (exact) mass is 266 g/mol. The lowest BCUT2D eigenvalue weighted by molar-refractivity contribution is 0.0696. The minimum absolute atomic E-state index is 0.170. The van der Waals surface area contributed by atoms with Crippen LogP contribution in [-0.4, -0.2) is 34.3 Å². The van der Waals surface area contributed by atoms with Gasteiger partial charge < -0.3 is 15.5 Å². The molecule has 0 aliphatic rings. The third-order valence-corrected chi connectivity index (χ3v) is 3.17. The Bertz CT molecular complexity index is 421. The molecular formula is C14H22N2O3. The number of nitrogens with one attached hydrogen (secondary N) is 1. The first-order valence-corrected chi connectivity index (χ1v) is 6.69. The summed E-state index contributed by atoms with van der Waals surface area (Å²) in [6, 6.07) is 3.14. The lowest BCUT2D eigenvalue weighted by Crippen LogP contribution is -2.16. The summed E-state index contributed by atoms with van der Waals surface area (Å²) in [5.74, 6) is 0.0149. The van der Waals surface area contributed by atoms with Crippen LogP contribution in [0.1, 0.15) is 42.7 Å². The summed E-state index contributed by atoms with van der Waals surface area (Å²) in [6.45, 7) is 4.87. The molecule has 5 nitrogen and oxygen atoms in total. The molecule has 3 N–H and O–H groups in total. The molecule has 19 heavy (non-hydrogen) atoms. The van der Waals surface area contributed by atoms with Crippen molar-refractivity contribution in [2.45, 2.75) is 33.1 Å². The predicted octanol–water partition coefficient (Wildman–Crippen LogP) is 2.16. The molecule has 0 radical (unpaired) electrons. The Morgan fingerprint density at radius 1 is 1.42 bits per heavy atom. The Morgan fingerprint density at radius 2 is 2.16 bits per heavy atom. The normalized spacial score (nSPS) is 12.2. The molecule has 0 amide bonds. The van der Waals surface area contributed by atoms with Crippen LogP contribution in [0.3, 0.4) is 0 Å². The smallest absolute Gasteiger partial charge is 0.335 e. The number of anilines is 1. The van der Waals surface area contributed by atoms with E-state index < -0.39 is 5.97 Å². The van der Waals surface area contributed by atoms with Crippen molar-refractivity contribution < 1.29 is 15.0 Å². The number of aromatic nitrogens is 1. The second-order valence-corrected chi connectivity index (χ2v) is 4.56. The predicted molar refractivity (Wildman–Crippen MR) is 74.5 cm³/mol. The lowest BCUT2D eigenvalue weighted by atomic mass is 10.0. The van der Waals surface area contributed by atoms with Crippen molar-refractivity contribution >= 4 is 11.8 Å². The van der Waals surface area contributed by atoms with Gasteiger partial charge in [-0.2, -0.15) is 0 Å². The van der Waals surface area contributed by atoms with Crippen LogP contribution in [0.15, 0.2) is 12.1 Å². The maximum absolute atomic E-state index is 11.0. The van der Waals surface area contributed by atoms with Crippen LogP contribution in [0.5, 0.6) is 0 Å². The van der Waals surface area contributed by atoms with E-state index in [-0.39, 0.29) is 12.2 Å². The number of nitrogens with zero attached hydrogens (tertiary/aromatic N) is 1. The van der Waals surface area contributed by atoms with Gasteiger partial charge in [0.15, 0.2) is 0 Å². The van der Waals surface area contributed by atoms with E-state index in [9.17, 15) is 4.79 Å². The quantitative estimate of drug-likeness (QED) is 0.671. The van der Waals surface area contributed by atoms with Gasteiger partial charge in [0.1, 0.15) is 5.82 Å². The fraction of sp³-hybridized carbons (Fsp3) is 0.571. The highest BCUT2D eigenvalue weighted by Crippen LogP contribution is 2.14. The minimum Gasteiger partial charge on any atom is -0.478 e. The average Bonchev–Trinajstić information content (AvgIpc) is 2.42. The van der Waals surface area contributed by atoms with Crippen LogP contribution in [0.25, 0.3) is 0 Å². The largest absolute Gasteiger partial charge is 0.478 e. The zero-order chi connectivity index (χ0) is 14.3. The van der Waals surface area contributed by atoms with Gasteiger partial charge in [-0.15, -0.1) is 0 Å². The summed E-state index contributed by atoms with van der Waals surface area (Å²) in [5.41, 5.74) is 1.02. The number of carboxylic acid groups (broad SMARTS) is 1. The lowest BCUT2D eigenvalue weighted by Gasteiger charge is -2.15. The van der Waals surface area contributed by atoms with Crippen molar-refractivity contribution in [3.05, 3.63) is 23.4 Å². The van der Waals surface area contributed by atoms with Crippen molar-refractivity contribution in [1.29, 1.82) is 0 Å². The second-order valence-electron chi connectivity index (χ2n) is 4.56. The number of carboxylic acids is 1. The van der Waals surface area contributed by atoms with Crippen LogP contribution >= 0.6 is 0 Å². The van der Waals surface area contributed by atoms with E-state index in [0.29, 0.717) is 24.7 Å². The number of aryl methyl sites for hydroxylation is 1. The van der Waals surface area contributed by atoms with Gasteiger partial charge in [-0.25, -0.2) is 9.78 Å². The summed E-state index contributed by atoms with van der Waals surface area (Å²) in [4.78, 5) is 15.4. The Labute approximate surface area is 113 Å². The SMILES string of the molecule is CCc1cc(C(=O)O)cc(NCC(CC)CCO)n1. The Kier molecular flexibility index (Phi) is 6.29. The van der Waals surface area contributed by atoms with Crippen molar-refractivity contribution in [1.82, 2.24) is 4.98 Å². The Balaban J connectivity index is 2.76. The van der Waals surface area contributed by atoms with Crippen molar-refractivity contribution in [3.63, 3.8) is 0 Å². The fourth-order valence-corrected chi connectivity index (χ4v) is 1.86. The van der Waals surface area contributed by atoms with Crippen LogP contribution in [0.4, 0.5) is 5.82 Å². The number of pyridine rings is 1. The number of carbonyl (C=O) groups is 1. The van der Waals surface area contributed by atoms with E-state index in [1.807, 2.05) is 6.92 Å². The summed E-state index contributed by atoms with van der Waals surface area (Å²) in [5, 5.41) is 21.2. The van der Waals surface area contributed by atoms with E-state index in [0.717, 1.165) is 18.5 Å². The summed E-state index contributed by atoms with van der Waals surface area (Å²) in [7, 11) is 0. The molecule has 0 spiro atoms. The van der Waals surface area contributed by atoms with Gasteiger partial charge in [-0.1, -0.05) is 20.3 Å². The number of rotatable bonds is 8. The van der Waals surface area contributed by atoms with Gasteiger partial charge in [-0.05, 0) is 30.9 Å². The highest BCUT2D eigenvalue weighted by Gasteiger charge is 2.10. The minimum atomic E-state index is -0.942.